The van der Waals surface area contributed by atoms with Crippen LogP contribution in [0.2, 0.25) is 0 Å². The first-order valence-electron chi connectivity index (χ1n) is 24.5. The average molecular weight is 902 g/mol. The molecule has 13 rings (SSSR count). The number of benzene rings is 13. The number of hydrogen-bond donors (Lipinski definition) is 0. The molecule has 0 aliphatic heterocycles. The first-order chi connectivity index (χ1) is 35.2. The first-order valence-corrected chi connectivity index (χ1v) is 24.5. The fourth-order valence-electron chi connectivity index (χ4n) is 10.8. The third-order valence-electron chi connectivity index (χ3n) is 14.3. The summed E-state index contributed by atoms with van der Waals surface area (Å²) in [6, 6.07) is 104. The van der Waals surface area contributed by atoms with E-state index in [1.165, 1.54) is 104 Å². The highest BCUT2D eigenvalue weighted by atomic mass is 15.1. The molecule has 0 saturated heterocycles. The molecular weight excluding hydrogens is 855 g/mol. The molecule has 13 aromatic carbocycles. The van der Waals surface area contributed by atoms with Gasteiger partial charge >= 0.3 is 0 Å². The van der Waals surface area contributed by atoms with E-state index in [1.54, 1.807) is 0 Å². The van der Waals surface area contributed by atoms with Gasteiger partial charge in [0.2, 0.25) is 0 Å². The van der Waals surface area contributed by atoms with Gasteiger partial charge in [-0.3, -0.25) is 0 Å². The largest absolute Gasteiger partial charge is 0.310 e. The molecule has 0 aromatic heterocycles. The lowest BCUT2D eigenvalue weighted by atomic mass is 9.84. The summed E-state index contributed by atoms with van der Waals surface area (Å²) >= 11 is 0. The Balaban J connectivity index is 0.916. The van der Waals surface area contributed by atoms with Crippen LogP contribution in [0, 0.1) is 0 Å². The Labute approximate surface area is 414 Å². The molecule has 0 aliphatic rings. The smallest absolute Gasteiger partial charge is 0.0540 e. The molecular formula is C70H47N. The highest BCUT2D eigenvalue weighted by molar-refractivity contribution is 6.22. The lowest BCUT2D eigenvalue weighted by molar-refractivity contribution is 1.30. The van der Waals surface area contributed by atoms with Crippen molar-refractivity contribution >= 4 is 60.2 Å². The van der Waals surface area contributed by atoms with E-state index in [9.17, 15) is 0 Å². The summed E-state index contributed by atoms with van der Waals surface area (Å²) in [7, 11) is 0. The van der Waals surface area contributed by atoms with Crippen LogP contribution >= 0.6 is 0 Å². The van der Waals surface area contributed by atoms with Gasteiger partial charge in [-0.25, -0.2) is 0 Å². The van der Waals surface area contributed by atoms with Crippen LogP contribution in [-0.4, -0.2) is 0 Å². The lowest BCUT2D eigenvalue weighted by Gasteiger charge is -2.28. The van der Waals surface area contributed by atoms with Gasteiger partial charge < -0.3 is 4.90 Å². The predicted molar refractivity (Wildman–Crippen MR) is 304 cm³/mol. The zero-order chi connectivity index (χ0) is 47.1. The SMILES string of the molecule is c1ccc(-c2ccc(N(c3ccc(-c4ccc(-c5ccc6ccccc6c5)cc4)cc3)c3ccc(-c4ccc5c(c4)c(-c4ccccc4)c(-c4ccccc4)c4ccccc45)cc3)c3ccccc23)cc1. The summed E-state index contributed by atoms with van der Waals surface area (Å²) in [5.74, 6) is 0. The van der Waals surface area contributed by atoms with Gasteiger partial charge in [-0.15, -0.1) is 0 Å². The molecule has 71 heavy (non-hydrogen) atoms. The summed E-state index contributed by atoms with van der Waals surface area (Å²) in [6.07, 6.45) is 0. The molecule has 0 spiro atoms. The molecule has 0 amide bonds. The second-order valence-corrected chi connectivity index (χ2v) is 18.4. The molecule has 0 bridgehead atoms. The molecule has 0 saturated carbocycles. The summed E-state index contributed by atoms with van der Waals surface area (Å²) in [5.41, 5.74) is 17.8. The van der Waals surface area contributed by atoms with E-state index in [4.69, 9.17) is 0 Å². The van der Waals surface area contributed by atoms with E-state index in [-0.39, 0.29) is 0 Å². The normalized spacial score (nSPS) is 11.4. The molecule has 0 atom stereocenters. The third-order valence-corrected chi connectivity index (χ3v) is 14.3. The van der Waals surface area contributed by atoms with E-state index in [2.05, 4.69) is 290 Å². The maximum atomic E-state index is 2.42. The first kappa shape index (κ1) is 41.9. The molecule has 0 fully saturated rings. The van der Waals surface area contributed by atoms with Gasteiger partial charge in [-0.1, -0.05) is 243 Å². The maximum Gasteiger partial charge on any atom is 0.0540 e. The zero-order valence-electron chi connectivity index (χ0n) is 39.1. The Bertz CT molecular complexity index is 4050. The third kappa shape index (κ3) is 7.71. The fraction of sp³-hybridized carbons (Fsp3) is 0. The van der Waals surface area contributed by atoms with E-state index in [0.717, 1.165) is 22.6 Å². The highest BCUT2D eigenvalue weighted by Gasteiger charge is 2.20. The zero-order valence-corrected chi connectivity index (χ0v) is 39.1. The minimum absolute atomic E-state index is 1.09. The van der Waals surface area contributed by atoms with Crippen molar-refractivity contribution in [3.8, 4) is 66.8 Å². The van der Waals surface area contributed by atoms with Crippen LogP contribution < -0.4 is 4.90 Å². The number of fused-ring (bicyclic) bond motifs is 5. The van der Waals surface area contributed by atoms with E-state index < -0.39 is 0 Å². The lowest BCUT2D eigenvalue weighted by Crippen LogP contribution is -2.10. The summed E-state index contributed by atoms with van der Waals surface area (Å²) in [5, 5.41) is 9.93. The van der Waals surface area contributed by atoms with Gasteiger partial charge in [0.15, 0.2) is 0 Å². The molecule has 0 unspecified atom stereocenters. The van der Waals surface area contributed by atoms with E-state index in [1.807, 2.05) is 0 Å². The standard InChI is InChI=1S/C70H47N/c1-4-17-53(18-5-1)61-44-45-68(65-26-14-12-24-62(61)65)71(59-39-34-50(35-40-59)49-28-30-51(31-29-49)57-33-32-48-16-10-11-23-56(48)46-57)60-41-36-52(37-42-60)58-38-43-64-63-25-13-15-27-66(63)69(54-19-6-2-7-20-54)70(67(64)47-58)55-21-8-3-9-22-55/h1-47H. The van der Waals surface area contributed by atoms with Crippen LogP contribution in [0.25, 0.3) is 110 Å². The molecule has 1 heteroatoms. The Morgan fingerprint density at radius 3 is 1.21 bits per heavy atom. The monoisotopic (exact) mass is 901 g/mol. The Hall–Kier alpha value is -9.30. The Morgan fingerprint density at radius 1 is 0.197 bits per heavy atom. The van der Waals surface area contributed by atoms with Crippen molar-refractivity contribution in [3.05, 3.63) is 285 Å². The molecule has 332 valence electrons. The van der Waals surface area contributed by atoms with Gasteiger partial charge in [0, 0.05) is 16.8 Å². The topological polar surface area (TPSA) is 3.24 Å². The minimum Gasteiger partial charge on any atom is -0.310 e. The number of rotatable bonds is 9. The van der Waals surface area contributed by atoms with Crippen molar-refractivity contribution in [2.24, 2.45) is 0 Å². The van der Waals surface area contributed by atoms with Crippen molar-refractivity contribution in [2.45, 2.75) is 0 Å². The summed E-state index contributed by atoms with van der Waals surface area (Å²) < 4.78 is 0. The number of hydrogen-bond acceptors (Lipinski definition) is 1. The van der Waals surface area contributed by atoms with Crippen LogP contribution in [0.4, 0.5) is 17.1 Å². The Morgan fingerprint density at radius 2 is 0.606 bits per heavy atom. The van der Waals surface area contributed by atoms with Crippen molar-refractivity contribution < 1.29 is 0 Å². The van der Waals surface area contributed by atoms with Crippen LogP contribution in [0.3, 0.4) is 0 Å². The second-order valence-electron chi connectivity index (χ2n) is 18.4. The van der Waals surface area contributed by atoms with Crippen LogP contribution in [-0.2, 0) is 0 Å². The molecule has 0 aliphatic carbocycles. The summed E-state index contributed by atoms with van der Waals surface area (Å²) in [4.78, 5) is 2.42. The minimum atomic E-state index is 1.09. The van der Waals surface area contributed by atoms with Crippen molar-refractivity contribution in [2.75, 3.05) is 4.90 Å². The summed E-state index contributed by atoms with van der Waals surface area (Å²) in [6.45, 7) is 0. The predicted octanol–water partition coefficient (Wildman–Crippen LogP) is 19.8. The van der Waals surface area contributed by atoms with Crippen LogP contribution in [0.15, 0.2) is 285 Å². The molecule has 0 radical (unpaired) electrons. The second kappa shape index (κ2) is 18.0. The molecule has 0 N–H and O–H groups in total. The van der Waals surface area contributed by atoms with Crippen molar-refractivity contribution in [1.82, 2.24) is 0 Å². The molecule has 0 heterocycles. The molecule has 13 aromatic rings. The molecule has 1 nitrogen and oxygen atoms in total. The van der Waals surface area contributed by atoms with E-state index in [0.29, 0.717) is 0 Å². The van der Waals surface area contributed by atoms with Gasteiger partial charge in [-0.2, -0.15) is 0 Å². The van der Waals surface area contributed by atoms with E-state index >= 15 is 0 Å². The van der Waals surface area contributed by atoms with Crippen molar-refractivity contribution in [3.63, 3.8) is 0 Å². The fourth-order valence-corrected chi connectivity index (χ4v) is 10.8. The Kier molecular flexibility index (Phi) is 10.6. The van der Waals surface area contributed by atoms with Crippen molar-refractivity contribution in [1.29, 1.82) is 0 Å². The van der Waals surface area contributed by atoms with Gasteiger partial charge in [-0.05, 0) is 147 Å². The van der Waals surface area contributed by atoms with Crippen LogP contribution in [0.5, 0.6) is 0 Å². The highest BCUT2D eigenvalue weighted by Crippen LogP contribution is 2.47. The quantitative estimate of drug-likeness (QED) is 0.131. The number of anilines is 3. The van der Waals surface area contributed by atoms with Gasteiger partial charge in [0.1, 0.15) is 0 Å². The van der Waals surface area contributed by atoms with Crippen LogP contribution in [0.1, 0.15) is 0 Å². The average Bonchev–Trinajstić information content (AvgIpc) is 3.45. The van der Waals surface area contributed by atoms with Gasteiger partial charge in [0.25, 0.3) is 0 Å². The maximum absolute atomic E-state index is 2.42. The number of nitrogens with zero attached hydrogens (tertiary/aromatic N) is 1. The van der Waals surface area contributed by atoms with Gasteiger partial charge in [0.05, 0.1) is 5.69 Å².